The first-order valence-electron chi connectivity index (χ1n) is 9.58. The van der Waals surface area contributed by atoms with E-state index in [1.54, 1.807) is 7.11 Å². The summed E-state index contributed by atoms with van der Waals surface area (Å²) in [4.78, 5) is 18.4. The van der Waals surface area contributed by atoms with Crippen molar-refractivity contribution in [3.63, 3.8) is 0 Å². The average molecular weight is 486 g/mol. The van der Waals surface area contributed by atoms with Gasteiger partial charge in [-0.25, -0.2) is 0 Å². The molecule has 1 aliphatic heterocycles. The zero-order valence-electron chi connectivity index (χ0n) is 16.2. The maximum Gasteiger partial charge on any atom is 0.220 e. The molecule has 7 heteroatoms. The molecule has 1 saturated heterocycles. The van der Waals surface area contributed by atoms with Gasteiger partial charge in [-0.2, -0.15) is 0 Å². The van der Waals surface area contributed by atoms with Crippen LogP contribution in [0.3, 0.4) is 0 Å². The number of carbonyl (C=O) groups excluding carboxylic acids is 1. The Kier molecular flexibility index (Phi) is 8.66. The van der Waals surface area contributed by atoms with Crippen LogP contribution in [0.2, 0.25) is 0 Å². The van der Waals surface area contributed by atoms with Crippen LogP contribution >= 0.6 is 24.0 Å². The minimum absolute atomic E-state index is 0. The summed E-state index contributed by atoms with van der Waals surface area (Å²) in [5, 5.41) is 6.43. The first-order chi connectivity index (χ1) is 12.7. The molecule has 2 aliphatic rings. The van der Waals surface area contributed by atoms with E-state index in [1.165, 1.54) is 5.56 Å². The zero-order chi connectivity index (χ0) is 18.4. The molecule has 0 spiro atoms. The second kappa shape index (κ2) is 10.7. The maximum absolute atomic E-state index is 11.7. The van der Waals surface area contributed by atoms with Crippen molar-refractivity contribution in [2.75, 3.05) is 33.8 Å². The lowest BCUT2D eigenvalue weighted by Gasteiger charge is -2.22. The second-order valence-corrected chi connectivity index (χ2v) is 7.12. The van der Waals surface area contributed by atoms with Gasteiger partial charge < -0.3 is 20.3 Å². The van der Waals surface area contributed by atoms with E-state index in [-0.39, 0.29) is 29.9 Å². The number of carbonyl (C=O) groups is 1. The molecule has 0 aromatic heterocycles. The van der Waals surface area contributed by atoms with Gasteiger partial charge in [-0.15, -0.1) is 24.0 Å². The molecule has 1 atom stereocenters. The number of methoxy groups -OCH3 is 1. The highest BCUT2D eigenvalue weighted by Gasteiger charge is 2.26. The third-order valence-corrected chi connectivity index (χ3v) is 5.09. The smallest absolute Gasteiger partial charge is 0.220 e. The molecule has 1 saturated carbocycles. The van der Waals surface area contributed by atoms with Crippen molar-refractivity contribution >= 4 is 35.8 Å². The van der Waals surface area contributed by atoms with E-state index in [9.17, 15) is 4.79 Å². The molecule has 3 rings (SSSR count). The number of ether oxygens (including phenoxy) is 1. The van der Waals surface area contributed by atoms with E-state index in [1.807, 2.05) is 19.2 Å². The van der Waals surface area contributed by atoms with Crippen molar-refractivity contribution in [3.05, 3.63) is 29.8 Å². The third-order valence-electron chi connectivity index (χ3n) is 5.09. The Morgan fingerprint density at radius 3 is 2.63 bits per heavy atom. The van der Waals surface area contributed by atoms with Crippen molar-refractivity contribution in [3.8, 4) is 5.75 Å². The van der Waals surface area contributed by atoms with Crippen molar-refractivity contribution in [2.24, 2.45) is 4.99 Å². The Morgan fingerprint density at radius 2 is 2.00 bits per heavy atom. The second-order valence-electron chi connectivity index (χ2n) is 7.12. The van der Waals surface area contributed by atoms with Crippen LogP contribution in [-0.4, -0.2) is 56.6 Å². The first kappa shape index (κ1) is 21.8. The number of hydrogen-bond donors (Lipinski definition) is 2. The molecule has 1 amide bonds. The fourth-order valence-electron chi connectivity index (χ4n) is 3.41. The standard InChI is InChI=1S/C20H30N4O2.HI/c1-21-20(22-12-3-4-19(25)23-17-7-8-17)24-13-11-16(14-24)15-5-9-18(26-2)10-6-15;/h5-6,9-10,16-17H,3-4,7-8,11-14H2,1-2H3,(H,21,22)(H,23,25);1H. The van der Waals surface area contributed by atoms with Gasteiger partial charge >= 0.3 is 0 Å². The topological polar surface area (TPSA) is 66.0 Å². The predicted octanol–water partition coefficient (Wildman–Crippen LogP) is 2.74. The van der Waals surface area contributed by atoms with Crippen LogP contribution in [0.4, 0.5) is 0 Å². The van der Waals surface area contributed by atoms with E-state index in [0.717, 1.165) is 57.0 Å². The highest BCUT2D eigenvalue weighted by Crippen LogP contribution is 2.28. The fourth-order valence-corrected chi connectivity index (χ4v) is 3.41. The molecule has 1 aromatic carbocycles. The number of likely N-dealkylation sites (tertiary alicyclic amines) is 1. The lowest BCUT2D eigenvalue weighted by molar-refractivity contribution is -0.121. The van der Waals surface area contributed by atoms with Crippen LogP contribution in [0, 0.1) is 0 Å². The maximum atomic E-state index is 11.7. The molecule has 2 N–H and O–H groups in total. The normalized spacial score (nSPS) is 19.4. The van der Waals surface area contributed by atoms with Crippen LogP contribution in [-0.2, 0) is 4.79 Å². The molecule has 0 radical (unpaired) electrons. The minimum Gasteiger partial charge on any atom is -0.497 e. The summed E-state index contributed by atoms with van der Waals surface area (Å²) < 4.78 is 5.24. The van der Waals surface area contributed by atoms with Crippen molar-refractivity contribution in [1.29, 1.82) is 0 Å². The number of guanidine groups is 1. The van der Waals surface area contributed by atoms with Gasteiger partial charge in [0.05, 0.1) is 7.11 Å². The molecule has 2 fully saturated rings. The summed E-state index contributed by atoms with van der Waals surface area (Å²) in [6.45, 7) is 2.74. The molecule has 0 bridgehead atoms. The number of aliphatic imine (C=N–C) groups is 1. The Hall–Kier alpha value is -1.51. The number of halogens is 1. The molecule has 1 heterocycles. The van der Waals surface area contributed by atoms with E-state index < -0.39 is 0 Å². The van der Waals surface area contributed by atoms with E-state index in [2.05, 4.69) is 32.7 Å². The SMILES string of the molecule is CN=C(NCCCC(=O)NC1CC1)N1CCC(c2ccc(OC)cc2)C1.I. The number of hydrogen-bond acceptors (Lipinski definition) is 3. The third kappa shape index (κ3) is 6.55. The number of nitrogens with one attached hydrogen (secondary N) is 2. The van der Waals surface area contributed by atoms with Gasteiger partial charge in [-0.05, 0) is 43.4 Å². The average Bonchev–Trinajstić information content (AvgIpc) is 3.34. The largest absolute Gasteiger partial charge is 0.497 e. The van der Waals surface area contributed by atoms with E-state index in [0.29, 0.717) is 18.4 Å². The quantitative estimate of drug-likeness (QED) is 0.269. The summed E-state index contributed by atoms with van der Waals surface area (Å²) in [5.74, 6) is 2.52. The number of benzene rings is 1. The monoisotopic (exact) mass is 486 g/mol. The van der Waals surface area contributed by atoms with Gasteiger partial charge in [-0.1, -0.05) is 12.1 Å². The molecular formula is C20H31IN4O2. The molecule has 150 valence electrons. The van der Waals surface area contributed by atoms with Gasteiger partial charge in [0.2, 0.25) is 5.91 Å². The molecular weight excluding hydrogens is 455 g/mol. The highest BCUT2D eigenvalue weighted by molar-refractivity contribution is 14.0. The molecule has 1 unspecified atom stereocenters. The summed E-state index contributed by atoms with van der Waals surface area (Å²) in [6.07, 6.45) is 4.81. The Balaban J connectivity index is 0.00000261. The van der Waals surface area contributed by atoms with Crippen LogP contribution in [0.5, 0.6) is 5.75 Å². The minimum atomic E-state index is 0. The Bertz CT molecular complexity index is 631. The summed E-state index contributed by atoms with van der Waals surface area (Å²) in [6, 6.07) is 8.81. The molecule has 6 nitrogen and oxygen atoms in total. The fraction of sp³-hybridized carbons (Fsp3) is 0.600. The Morgan fingerprint density at radius 1 is 1.26 bits per heavy atom. The number of rotatable bonds is 7. The number of nitrogens with zero attached hydrogens (tertiary/aromatic N) is 2. The molecule has 1 aromatic rings. The lowest BCUT2D eigenvalue weighted by Crippen LogP contribution is -2.40. The number of amides is 1. The van der Waals surface area contributed by atoms with Crippen LogP contribution < -0.4 is 15.4 Å². The lowest BCUT2D eigenvalue weighted by atomic mass is 9.98. The van der Waals surface area contributed by atoms with Crippen molar-refractivity contribution in [1.82, 2.24) is 15.5 Å². The van der Waals surface area contributed by atoms with Gasteiger partial charge in [0, 0.05) is 45.1 Å². The highest BCUT2D eigenvalue weighted by atomic mass is 127. The summed E-state index contributed by atoms with van der Waals surface area (Å²) in [5.41, 5.74) is 1.35. The van der Waals surface area contributed by atoms with Crippen molar-refractivity contribution in [2.45, 2.75) is 44.1 Å². The molecule has 1 aliphatic carbocycles. The summed E-state index contributed by atoms with van der Waals surface area (Å²) >= 11 is 0. The van der Waals surface area contributed by atoms with Gasteiger partial charge in [0.1, 0.15) is 5.75 Å². The predicted molar refractivity (Wildman–Crippen MR) is 119 cm³/mol. The van der Waals surface area contributed by atoms with E-state index in [4.69, 9.17) is 4.74 Å². The zero-order valence-corrected chi connectivity index (χ0v) is 18.6. The van der Waals surface area contributed by atoms with Gasteiger partial charge in [0.25, 0.3) is 0 Å². The first-order valence-corrected chi connectivity index (χ1v) is 9.58. The van der Waals surface area contributed by atoms with Crippen molar-refractivity contribution < 1.29 is 9.53 Å². The van der Waals surface area contributed by atoms with E-state index >= 15 is 0 Å². The van der Waals surface area contributed by atoms with Crippen LogP contribution in [0.25, 0.3) is 0 Å². The van der Waals surface area contributed by atoms with Gasteiger partial charge in [-0.3, -0.25) is 9.79 Å². The molecule has 27 heavy (non-hydrogen) atoms. The Labute approximate surface area is 179 Å². The van der Waals surface area contributed by atoms with Gasteiger partial charge in [0.15, 0.2) is 5.96 Å². The van der Waals surface area contributed by atoms with Crippen LogP contribution in [0.15, 0.2) is 29.3 Å². The summed E-state index contributed by atoms with van der Waals surface area (Å²) in [7, 11) is 3.51. The van der Waals surface area contributed by atoms with Crippen LogP contribution in [0.1, 0.15) is 43.6 Å².